The highest BCUT2D eigenvalue weighted by molar-refractivity contribution is 7.89. The number of benzene rings is 1. The maximum Gasteiger partial charge on any atom is 0.271 e. The summed E-state index contributed by atoms with van der Waals surface area (Å²) in [4.78, 5) is 12.7. The average molecular weight is 562 g/mol. The normalized spacial score (nSPS) is 12.7. The van der Waals surface area contributed by atoms with Crippen molar-refractivity contribution in [3.8, 4) is 11.9 Å². The number of hydrogen-bond acceptors (Lipinski definition) is 9. The van der Waals surface area contributed by atoms with Crippen molar-refractivity contribution in [3.05, 3.63) is 45.7 Å². The Morgan fingerprint density at radius 2 is 1.90 bits per heavy atom. The van der Waals surface area contributed by atoms with E-state index in [4.69, 9.17) is 9.84 Å². The van der Waals surface area contributed by atoms with E-state index in [1.807, 2.05) is 6.07 Å². The van der Waals surface area contributed by atoms with Gasteiger partial charge in [-0.3, -0.25) is 9.36 Å². The molecule has 0 saturated heterocycles. The molecular weight excluding hydrogens is 522 g/mol. The molecule has 2 N–H and O–H groups in total. The van der Waals surface area contributed by atoms with Crippen molar-refractivity contribution >= 4 is 21.4 Å². The molecule has 1 aromatic carbocycles. The standard InChI is InChI=1S/C27H39N5O6S/c1-5-8-11-21(6-2)19-31(7-3)39(36,37)24-13-10-9-12-23(24)29-30-25-20(4)22(18-28)26(34)32(27(25)35)14-16-38-17-15-33/h9-10,12-13,21,33,35H,5-8,11,14-17,19H2,1-4H3/b30-29+. The number of ether oxygens (including phenoxy) is 1. The van der Waals surface area contributed by atoms with Gasteiger partial charge in [-0.05, 0) is 31.4 Å². The molecule has 0 fully saturated rings. The number of nitrogens with zero attached hydrogens (tertiary/aromatic N) is 5. The fraction of sp³-hybridized carbons (Fsp3) is 0.556. The second kappa shape index (κ2) is 15.5. The van der Waals surface area contributed by atoms with Crippen LogP contribution in [0.4, 0.5) is 11.4 Å². The molecule has 0 spiro atoms. The Kier molecular flexibility index (Phi) is 12.7. The minimum absolute atomic E-state index is 0.00345. The zero-order valence-corrected chi connectivity index (χ0v) is 23.9. The van der Waals surface area contributed by atoms with Crippen molar-refractivity contribution in [2.45, 2.75) is 64.8 Å². The summed E-state index contributed by atoms with van der Waals surface area (Å²) in [5, 5.41) is 37.5. The molecular formula is C27H39N5O6S. The summed E-state index contributed by atoms with van der Waals surface area (Å²) in [6, 6.07) is 8.05. The Bertz CT molecular complexity index is 1330. The Morgan fingerprint density at radius 1 is 1.18 bits per heavy atom. The lowest BCUT2D eigenvalue weighted by Crippen LogP contribution is -2.35. The third-order valence-electron chi connectivity index (χ3n) is 6.56. The quantitative estimate of drug-likeness (QED) is 0.227. The first-order chi connectivity index (χ1) is 18.7. The van der Waals surface area contributed by atoms with Crippen molar-refractivity contribution in [3.63, 3.8) is 0 Å². The number of aromatic nitrogens is 1. The van der Waals surface area contributed by atoms with Crippen LogP contribution in [0.3, 0.4) is 0 Å². The van der Waals surface area contributed by atoms with Crippen molar-refractivity contribution in [1.82, 2.24) is 8.87 Å². The Hall–Kier alpha value is -3.11. The van der Waals surface area contributed by atoms with Gasteiger partial charge in [-0.25, -0.2) is 8.42 Å². The van der Waals surface area contributed by atoms with Crippen LogP contribution in [0.15, 0.2) is 44.2 Å². The number of sulfonamides is 1. The van der Waals surface area contributed by atoms with Crippen LogP contribution in [0.25, 0.3) is 0 Å². The lowest BCUT2D eigenvalue weighted by molar-refractivity contribution is 0.0854. The number of hydrogen-bond donors (Lipinski definition) is 2. The van der Waals surface area contributed by atoms with Crippen LogP contribution in [-0.2, 0) is 21.3 Å². The molecule has 0 aliphatic rings. The summed E-state index contributed by atoms with van der Waals surface area (Å²) in [6.07, 6.45) is 3.89. The molecule has 0 radical (unpaired) electrons. The number of rotatable bonds is 16. The van der Waals surface area contributed by atoms with Crippen LogP contribution in [0.1, 0.15) is 57.6 Å². The molecule has 1 heterocycles. The van der Waals surface area contributed by atoms with E-state index in [1.165, 1.54) is 23.4 Å². The minimum Gasteiger partial charge on any atom is -0.493 e. The van der Waals surface area contributed by atoms with Gasteiger partial charge in [0.2, 0.25) is 15.9 Å². The number of pyridine rings is 1. The zero-order chi connectivity index (χ0) is 29.0. The third kappa shape index (κ3) is 7.95. The van der Waals surface area contributed by atoms with Crippen molar-refractivity contribution < 1.29 is 23.4 Å². The van der Waals surface area contributed by atoms with E-state index in [-0.39, 0.29) is 59.7 Å². The molecule has 11 nitrogen and oxygen atoms in total. The highest BCUT2D eigenvalue weighted by Crippen LogP contribution is 2.34. The fourth-order valence-corrected chi connectivity index (χ4v) is 5.84. The molecule has 12 heteroatoms. The second-order valence-corrected chi connectivity index (χ2v) is 11.0. The van der Waals surface area contributed by atoms with Crippen molar-refractivity contribution in [2.24, 2.45) is 16.1 Å². The first-order valence-electron chi connectivity index (χ1n) is 13.2. The summed E-state index contributed by atoms with van der Waals surface area (Å²) < 4.78 is 34.9. The number of azo groups is 1. The van der Waals surface area contributed by atoms with E-state index >= 15 is 0 Å². The Morgan fingerprint density at radius 3 is 2.51 bits per heavy atom. The first kappa shape index (κ1) is 32.1. The SMILES string of the molecule is CCCCC(CC)CN(CC)S(=O)(=O)c1ccccc1/N=N/c1c(C)c(C#N)c(=O)n(CCOCCO)c1O. The molecule has 1 aromatic heterocycles. The molecule has 2 rings (SSSR count). The van der Waals surface area contributed by atoms with Gasteiger partial charge in [-0.15, -0.1) is 10.2 Å². The van der Waals surface area contributed by atoms with E-state index in [0.29, 0.717) is 13.1 Å². The second-order valence-electron chi connectivity index (χ2n) is 9.12. The van der Waals surface area contributed by atoms with E-state index < -0.39 is 21.5 Å². The van der Waals surface area contributed by atoms with Gasteiger partial charge in [-0.1, -0.05) is 52.2 Å². The van der Waals surface area contributed by atoms with E-state index in [2.05, 4.69) is 24.1 Å². The Labute approximate surface area is 230 Å². The molecule has 0 aliphatic heterocycles. The molecule has 0 aliphatic carbocycles. The van der Waals surface area contributed by atoms with Gasteiger partial charge in [0, 0.05) is 18.7 Å². The van der Waals surface area contributed by atoms with Gasteiger partial charge < -0.3 is 14.9 Å². The number of aliphatic hydroxyl groups excluding tert-OH is 1. The molecule has 2 aromatic rings. The molecule has 1 atom stereocenters. The maximum atomic E-state index is 13.7. The monoisotopic (exact) mass is 561 g/mol. The lowest BCUT2D eigenvalue weighted by Gasteiger charge is -2.26. The number of unbranched alkanes of at least 4 members (excludes halogenated alkanes) is 1. The van der Waals surface area contributed by atoms with Crippen LogP contribution in [0.2, 0.25) is 0 Å². The molecule has 214 valence electrons. The largest absolute Gasteiger partial charge is 0.493 e. The smallest absolute Gasteiger partial charge is 0.271 e. The predicted molar refractivity (Wildman–Crippen MR) is 148 cm³/mol. The molecule has 1 unspecified atom stereocenters. The average Bonchev–Trinajstić information content (AvgIpc) is 2.93. The lowest BCUT2D eigenvalue weighted by atomic mass is 9.99. The van der Waals surface area contributed by atoms with E-state index in [0.717, 1.165) is 30.3 Å². The predicted octanol–water partition coefficient (Wildman–Crippen LogP) is 4.39. The van der Waals surface area contributed by atoms with E-state index in [1.54, 1.807) is 19.1 Å². The highest BCUT2D eigenvalue weighted by atomic mass is 32.2. The zero-order valence-electron chi connectivity index (χ0n) is 23.1. The van der Waals surface area contributed by atoms with Gasteiger partial charge in [0.25, 0.3) is 5.56 Å². The number of nitriles is 1. The Balaban J connectivity index is 2.51. The van der Waals surface area contributed by atoms with Gasteiger partial charge in [0.05, 0.1) is 26.4 Å². The summed E-state index contributed by atoms with van der Waals surface area (Å²) >= 11 is 0. The molecule has 0 saturated carbocycles. The van der Waals surface area contributed by atoms with Crippen LogP contribution >= 0.6 is 0 Å². The molecule has 0 amide bonds. The topological polar surface area (TPSA) is 158 Å². The number of aliphatic hydroxyl groups is 1. The third-order valence-corrected chi connectivity index (χ3v) is 8.55. The van der Waals surface area contributed by atoms with Gasteiger partial charge in [-0.2, -0.15) is 9.57 Å². The van der Waals surface area contributed by atoms with Crippen LogP contribution in [0.5, 0.6) is 5.88 Å². The highest BCUT2D eigenvalue weighted by Gasteiger charge is 2.28. The van der Waals surface area contributed by atoms with Crippen LogP contribution in [0, 0.1) is 24.2 Å². The van der Waals surface area contributed by atoms with E-state index in [9.17, 15) is 23.6 Å². The first-order valence-corrected chi connectivity index (χ1v) is 14.7. The number of aromatic hydroxyl groups is 1. The molecule has 39 heavy (non-hydrogen) atoms. The van der Waals surface area contributed by atoms with Crippen molar-refractivity contribution in [2.75, 3.05) is 32.9 Å². The van der Waals surface area contributed by atoms with Crippen molar-refractivity contribution in [1.29, 1.82) is 5.26 Å². The summed E-state index contributed by atoms with van der Waals surface area (Å²) in [7, 11) is -3.91. The van der Waals surface area contributed by atoms with Crippen LogP contribution in [-0.4, -0.2) is 60.4 Å². The van der Waals surface area contributed by atoms with Gasteiger partial charge in [0.15, 0.2) is 5.69 Å². The van der Waals surface area contributed by atoms with Crippen LogP contribution < -0.4 is 5.56 Å². The fourth-order valence-electron chi connectivity index (χ4n) is 4.19. The molecule has 0 bridgehead atoms. The maximum absolute atomic E-state index is 13.7. The van der Waals surface area contributed by atoms with Gasteiger partial charge >= 0.3 is 0 Å². The summed E-state index contributed by atoms with van der Waals surface area (Å²) in [6.45, 7) is 7.89. The summed E-state index contributed by atoms with van der Waals surface area (Å²) in [5.74, 6) is -0.287. The minimum atomic E-state index is -3.91. The summed E-state index contributed by atoms with van der Waals surface area (Å²) in [5.41, 5.74) is -0.875. The van der Waals surface area contributed by atoms with Gasteiger partial charge in [0.1, 0.15) is 22.2 Å².